The number of carbonyl (C=O) groups excluding carboxylic acids is 1. The molecule has 1 aromatic heterocycles. The molecular weight excluding hydrogens is 276 g/mol. The number of hydrogen-bond donors (Lipinski definition) is 0. The van der Waals surface area contributed by atoms with Crippen LogP contribution in [0.2, 0.25) is 0 Å². The molecule has 0 fully saturated rings. The number of aryl methyl sites for hydroxylation is 1. The number of carbonyl (C=O) groups is 1. The van der Waals surface area contributed by atoms with Crippen LogP contribution in [0.1, 0.15) is 12.5 Å². The van der Waals surface area contributed by atoms with Crippen LogP contribution < -0.4 is 0 Å². The molecule has 0 bridgehead atoms. The van der Waals surface area contributed by atoms with Crippen LogP contribution in [0, 0.1) is 6.92 Å². The standard InChI is InChI=1S/C18H18N2O2/c1-3-22-17(21)12-20-16-11-7-6-10-15(16)19-18(20)14-9-5-4-8-13(14)2/h4-11H,3,12H2,1-2H3. The van der Waals surface area contributed by atoms with E-state index < -0.39 is 0 Å². The summed E-state index contributed by atoms with van der Waals surface area (Å²) in [5, 5.41) is 0. The molecule has 3 aromatic rings. The summed E-state index contributed by atoms with van der Waals surface area (Å²) in [4.78, 5) is 16.7. The predicted molar refractivity (Wildman–Crippen MR) is 86.5 cm³/mol. The van der Waals surface area contributed by atoms with Crippen molar-refractivity contribution in [3.8, 4) is 11.4 Å². The van der Waals surface area contributed by atoms with Gasteiger partial charge in [-0.3, -0.25) is 4.79 Å². The Bertz CT molecular complexity index is 821. The average molecular weight is 294 g/mol. The largest absolute Gasteiger partial charge is 0.465 e. The quantitative estimate of drug-likeness (QED) is 0.691. The smallest absolute Gasteiger partial charge is 0.326 e. The van der Waals surface area contributed by atoms with E-state index in [9.17, 15) is 4.79 Å². The number of ether oxygens (including phenoxy) is 1. The van der Waals surface area contributed by atoms with Crippen LogP contribution in [-0.2, 0) is 16.1 Å². The normalized spacial score (nSPS) is 10.8. The van der Waals surface area contributed by atoms with Gasteiger partial charge in [0.1, 0.15) is 12.4 Å². The molecule has 0 aliphatic heterocycles. The number of benzene rings is 2. The van der Waals surface area contributed by atoms with Crippen molar-refractivity contribution < 1.29 is 9.53 Å². The Morgan fingerprint density at radius 1 is 1.14 bits per heavy atom. The summed E-state index contributed by atoms with van der Waals surface area (Å²) in [5.41, 5.74) is 3.98. The van der Waals surface area contributed by atoms with E-state index >= 15 is 0 Å². The van der Waals surface area contributed by atoms with Gasteiger partial charge < -0.3 is 9.30 Å². The van der Waals surface area contributed by atoms with E-state index in [1.54, 1.807) is 0 Å². The second-order valence-electron chi connectivity index (χ2n) is 5.13. The number of hydrogen-bond acceptors (Lipinski definition) is 3. The van der Waals surface area contributed by atoms with Gasteiger partial charge in [0.2, 0.25) is 0 Å². The molecule has 1 heterocycles. The summed E-state index contributed by atoms with van der Waals surface area (Å²) in [6.45, 7) is 4.40. The van der Waals surface area contributed by atoms with Gasteiger partial charge in [-0.15, -0.1) is 0 Å². The highest BCUT2D eigenvalue weighted by atomic mass is 16.5. The number of esters is 1. The number of rotatable bonds is 4. The molecule has 0 spiro atoms. The number of aromatic nitrogens is 2. The van der Waals surface area contributed by atoms with Gasteiger partial charge in [-0.05, 0) is 31.5 Å². The first-order valence-corrected chi connectivity index (χ1v) is 7.37. The second-order valence-corrected chi connectivity index (χ2v) is 5.13. The minimum atomic E-state index is -0.250. The summed E-state index contributed by atoms with van der Waals surface area (Å²) in [5.74, 6) is 0.549. The van der Waals surface area contributed by atoms with Gasteiger partial charge in [0.05, 0.1) is 17.6 Å². The van der Waals surface area contributed by atoms with Crippen molar-refractivity contribution in [2.45, 2.75) is 20.4 Å². The lowest BCUT2D eigenvalue weighted by Crippen LogP contribution is -2.14. The summed E-state index contributed by atoms with van der Waals surface area (Å²) in [6.07, 6.45) is 0. The van der Waals surface area contributed by atoms with Crippen LogP contribution in [0.15, 0.2) is 48.5 Å². The maximum absolute atomic E-state index is 12.0. The average Bonchev–Trinajstić information content (AvgIpc) is 2.87. The Morgan fingerprint density at radius 2 is 1.86 bits per heavy atom. The molecule has 0 atom stereocenters. The molecule has 0 aliphatic rings. The van der Waals surface area contributed by atoms with Crippen LogP contribution in [-0.4, -0.2) is 22.1 Å². The first-order valence-electron chi connectivity index (χ1n) is 7.37. The van der Waals surface area contributed by atoms with Crippen molar-refractivity contribution in [3.63, 3.8) is 0 Å². The summed E-state index contributed by atoms with van der Waals surface area (Å²) < 4.78 is 7.02. The van der Waals surface area contributed by atoms with Gasteiger partial charge in [0, 0.05) is 5.56 Å². The number of nitrogens with zero attached hydrogens (tertiary/aromatic N) is 2. The third-order valence-electron chi connectivity index (χ3n) is 3.63. The first-order chi connectivity index (χ1) is 10.7. The lowest BCUT2D eigenvalue weighted by Gasteiger charge is -2.10. The monoisotopic (exact) mass is 294 g/mol. The number of para-hydroxylation sites is 2. The van der Waals surface area contributed by atoms with E-state index in [0.717, 1.165) is 28.0 Å². The van der Waals surface area contributed by atoms with Crippen molar-refractivity contribution in [1.29, 1.82) is 0 Å². The lowest BCUT2D eigenvalue weighted by atomic mass is 10.1. The zero-order valence-corrected chi connectivity index (χ0v) is 12.7. The fraction of sp³-hybridized carbons (Fsp3) is 0.222. The maximum Gasteiger partial charge on any atom is 0.326 e. The molecule has 22 heavy (non-hydrogen) atoms. The molecule has 0 saturated heterocycles. The first kappa shape index (κ1) is 14.3. The molecule has 0 radical (unpaired) electrons. The van der Waals surface area contributed by atoms with Crippen molar-refractivity contribution in [2.24, 2.45) is 0 Å². The van der Waals surface area contributed by atoms with Crippen LogP contribution in [0.25, 0.3) is 22.4 Å². The van der Waals surface area contributed by atoms with Gasteiger partial charge in [-0.25, -0.2) is 4.98 Å². The second kappa shape index (κ2) is 6.02. The van der Waals surface area contributed by atoms with E-state index in [0.29, 0.717) is 6.61 Å². The van der Waals surface area contributed by atoms with E-state index in [1.165, 1.54) is 0 Å². The number of imidazole rings is 1. The molecule has 0 aliphatic carbocycles. The molecule has 0 amide bonds. The van der Waals surface area contributed by atoms with Gasteiger partial charge in [0.25, 0.3) is 0 Å². The summed E-state index contributed by atoms with van der Waals surface area (Å²) >= 11 is 0. The van der Waals surface area contributed by atoms with Gasteiger partial charge in [-0.2, -0.15) is 0 Å². The molecule has 0 saturated carbocycles. The van der Waals surface area contributed by atoms with Gasteiger partial charge in [-0.1, -0.05) is 36.4 Å². The van der Waals surface area contributed by atoms with Crippen molar-refractivity contribution in [3.05, 3.63) is 54.1 Å². The SMILES string of the molecule is CCOC(=O)Cn1c(-c2ccccc2C)nc2ccccc21. The van der Waals surface area contributed by atoms with E-state index in [-0.39, 0.29) is 12.5 Å². The van der Waals surface area contributed by atoms with Crippen LogP contribution in [0.4, 0.5) is 0 Å². The summed E-state index contributed by atoms with van der Waals surface area (Å²) in [6, 6.07) is 15.9. The maximum atomic E-state index is 12.0. The fourth-order valence-electron chi connectivity index (χ4n) is 2.60. The molecule has 3 rings (SSSR count). The predicted octanol–water partition coefficient (Wildman–Crippen LogP) is 3.57. The molecule has 4 heteroatoms. The highest BCUT2D eigenvalue weighted by molar-refractivity contribution is 5.83. The highest BCUT2D eigenvalue weighted by Crippen LogP contribution is 2.27. The van der Waals surface area contributed by atoms with Crippen LogP contribution in [0.3, 0.4) is 0 Å². The Hall–Kier alpha value is -2.62. The Kier molecular flexibility index (Phi) is 3.92. The molecule has 0 unspecified atom stereocenters. The third kappa shape index (κ3) is 2.60. The number of fused-ring (bicyclic) bond motifs is 1. The topological polar surface area (TPSA) is 44.1 Å². The molecule has 0 N–H and O–H groups in total. The molecule has 2 aromatic carbocycles. The molecule has 4 nitrogen and oxygen atoms in total. The van der Waals surface area contributed by atoms with Crippen LogP contribution in [0.5, 0.6) is 0 Å². The van der Waals surface area contributed by atoms with Crippen molar-refractivity contribution >= 4 is 17.0 Å². The minimum Gasteiger partial charge on any atom is -0.465 e. The van der Waals surface area contributed by atoms with E-state index in [1.807, 2.05) is 66.9 Å². The lowest BCUT2D eigenvalue weighted by molar-refractivity contribution is -0.143. The minimum absolute atomic E-state index is 0.165. The Labute approximate surface area is 129 Å². The summed E-state index contributed by atoms with van der Waals surface area (Å²) in [7, 11) is 0. The Balaban J connectivity index is 2.17. The van der Waals surface area contributed by atoms with E-state index in [4.69, 9.17) is 9.72 Å². The molecular formula is C18H18N2O2. The fourth-order valence-corrected chi connectivity index (χ4v) is 2.60. The van der Waals surface area contributed by atoms with Gasteiger partial charge in [0.15, 0.2) is 0 Å². The zero-order chi connectivity index (χ0) is 15.5. The van der Waals surface area contributed by atoms with Crippen molar-refractivity contribution in [1.82, 2.24) is 9.55 Å². The van der Waals surface area contributed by atoms with Crippen molar-refractivity contribution in [2.75, 3.05) is 6.61 Å². The van der Waals surface area contributed by atoms with Gasteiger partial charge >= 0.3 is 5.97 Å². The third-order valence-corrected chi connectivity index (χ3v) is 3.63. The Morgan fingerprint density at radius 3 is 2.64 bits per heavy atom. The van der Waals surface area contributed by atoms with Crippen LogP contribution >= 0.6 is 0 Å². The zero-order valence-electron chi connectivity index (χ0n) is 12.7. The highest BCUT2D eigenvalue weighted by Gasteiger charge is 2.16. The van der Waals surface area contributed by atoms with E-state index in [2.05, 4.69) is 0 Å². The molecule has 112 valence electrons.